The van der Waals surface area contributed by atoms with Gasteiger partial charge in [0.2, 0.25) is 0 Å². The molecule has 2 rings (SSSR count). The van der Waals surface area contributed by atoms with E-state index in [0.717, 1.165) is 31.6 Å². The summed E-state index contributed by atoms with van der Waals surface area (Å²) < 4.78 is 32.9. The van der Waals surface area contributed by atoms with Gasteiger partial charge in [-0.1, -0.05) is 26.0 Å². The summed E-state index contributed by atoms with van der Waals surface area (Å²) in [6.07, 6.45) is -4.54. The molecule has 0 spiro atoms. The largest absolute Gasteiger partial charge is 0.394 e. The van der Waals surface area contributed by atoms with E-state index in [9.17, 15) is 29.0 Å². The van der Waals surface area contributed by atoms with Crippen LogP contribution in [-0.2, 0) is 14.8 Å². The maximum Gasteiger partial charge on any atom is 0.251 e. The zero-order valence-electron chi connectivity index (χ0n) is 19.0. The highest BCUT2D eigenvalue weighted by atomic mass is 32.2. The molecule has 5 N–H and O–H groups in total. The average Bonchev–Trinajstić information content (AvgIpc) is 2.79. The number of aliphatic hydroxyl groups is 4. The number of aliphatic hydroxyl groups excluding tert-OH is 4. The number of ether oxygens (including phenoxy) is 1. The van der Waals surface area contributed by atoms with Crippen molar-refractivity contribution in [3.05, 3.63) is 34.7 Å². The summed E-state index contributed by atoms with van der Waals surface area (Å²) in [5.74, 6) is 0. The summed E-state index contributed by atoms with van der Waals surface area (Å²) in [6.45, 7) is 6.77. The van der Waals surface area contributed by atoms with E-state index < -0.39 is 52.2 Å². The van der Waals surface area contributed by atoms with Crippen molar-refractivity contribution in [3.63, 3.8) is 0 Å². The molecule has 5 atom stereocenters. The number of sulfonamides is 1. The van der Waals surface area contributed by atoms with Gasteiger partial charge in [-0.3, -0.25) is 0 Å². The maximum absolute atomic E-state index is 12.9. The number of rotatable bonds is 10. The van der Waals surface area contributed by atoms with Crippen LogP contribution in [0.5, 0.6) is 0 Å². The number of nitriles is 1. The van der Waals surface area contributed by atoms with Crippen LogP contribution in [0.2, 0.25) is 0 Å². The first-order valence-corrected chi connectivity index (χ1v) is 12.4. The molecule has 0 saturated carbocycles. The van der Waals surface area contributed by atoms with Gasteiger partial charge in [0.05, 0.1) is 6.61 Å². The first-order valence-electron chi connectivity index (χ1n) is 10.9. The number of allylic oxidation sites excluding steroid dienone is 2. The van der Waals surface area contributed by atoms with Crippen LogP contribution in [0.25, 0.3) is 5.57 Å². The van der Waals surface area contributed by atoms with E-state index in [0.29, 0.717) is 5.56 Å². The Morgan fingerprint density at radius 3 is 2.18 bits per heavy atom. The summed E-state index contributed by atoms with van der Waals surface area (Å²) in [5.41, 5.74) is 1.70. The molecule has 11 heteroatoms. The second kappa shape index (κ2) is 11.9. The molecule has 1 saturated heterocycles. The molecule has 0 aliphatic carbocycles. The molecule has 33 heavy (non-hydrogen) atoms. The third kappa shape index (κ3) is 6.30. The van der Waals surface area contributed by atoms with E-state index in [-0.39, 0.29) is 5.57 Å². The van der Waals surface area contributed by atoms with Crippen molar-refractivity contribution < 1.29 is 33.6 Å². The predicted octanol–water partition coefficient (Wildman–Crippen LogP) is 0.287. The molecule has 10 nitrogen and oxygen atoms in total. The summed E-state index contributed by atoms with van der Waals surface area (Å²) in [4.78, 5) is 1.63. The Kier molecular flexibility index (Phi) is 9.81. The van der Waals surface area contributed by atoms with Gasteiger partial charge in [-0.05, 0) is 43.0 Å². The number of hydrogen-bond acceptors (Lipinski definition) is 9. The van der Waals surface area contributed by atoms with E-state index in [1.54, 1.807) is 18.2 Å². The minimum absolute atomic E-state index is 0.184. The molecule has 184 valence electrons. The van der Waals surface area contributed by atoms with Crippen molar-refractivity contribution in [1.29, 1.82) is 5.26 Å². The van der Waals surface area contributed by atoms with E-state index in [2.05, 4.69) is 23.5 Å². The number of nitrogens with one attached hydrogen (secondary N) is 1. The van der Waals surface area contributed by atoms with Crippen LogP contribution in [-0.4, -0.2) is 79.2 Å². The molecule has 0 bridgehead atoms. The van der Waals surface area contributed by atoms with Crippen molar-refractivity contribution in [1.82, 2.24) is 4.72 Å². The van der Waals surface area contributed by atoms with E-state index in [1.807, 2.05) is 12.1 Å². The fourth-order valence-corrected chi connectivity index (χ4v) is 5.14. The molecule has 1 unspecified atom stereocenters. The minimum Gasteiger partial charge on any atom is -0.394 e. The highest BCUT2D eigenvalue weighted by Crippen LogP contribution is 2.26. The third-order valence-electron chi connectivity index (χ3n) is 5.55. The fraction of sp³-hybridized carbons (Fsp3) is 0.591. The Hall–Kier alpha value is -2.04. The van der Waals surface area contributed by atoms with Crippen LogP contribution in [0.15, 0.2) is 29.2 Å². The van der Waals surface area contributed by atoms with E-state index in [4.69, 9.17) is 9.84 Å². The van der Waals surface area contributed by atoms with Gasteiger partial charge in [-0.2, -0.15) is 9.98 Å². The van der Waals surface area contributed by atoms with E-state index >= 15 is 0 Å². The molecule has 1 aliphatic rings. The van der Waals surface area contributed by atoms with Crippen LogP contribution in [0, 0.1) is 11.3 Å². The molecule has 1 fully saturated rings. The second-order valence-corrected chi connectivity index (χ2v) is 9.63. The maximum atomic E-state index is 12.9. The van der Waals surface area contributed by atoms with Crippen LogP contribution in [0.1, 0.15) is 39.2 Å². The van der Waals surface area contributed by atoms with Crippen LogP contribution in [0.3, 0.4) is 0 Å². The monoisotopic (exact) mass is 483 g/mol. The topological polar surface area (TPSA) is 163 Å². The fourth-order valence-electron chi connectivity index (χ4n) is 3.77. The number of hydrogen-bond donors (Lipinski definition) is 5. The average molecular weight is 484 g/mol. The van der Waals surface area contributed by atoms with Gasteiger partial charge < -0.3 is 30.1 Å². The Morgan fingerprint density at radius 1 is 1.12 bits per heavy atom. The van der Waals surface area contributed by atoms with E-state index in [1.165, 1.54) is 6.92 Å². The lowest BCUT2D eigenvalue weighted by molar-refractivity contribution is -0.251. The Morgan fingerprint density at radius 2 is 1.70 bits per heavy atom. The van der Waals surface area contributed by atoms with Gasteiger partial charge >= 0.3 is 0 Å². The Balaban J connectivity index is 2.31. The summed E-state index contributed by atoms with van der Waals surface area (Å²) in [6, 6.07) is 7.25. The zero-order valence-corrected chi connectivity index (χ0v) is 19.9. The first kappa shape index (κ1) is 27.2. The molecule has 0 aromatic heterocycles. The van der Waals surface area contributed by atoms with Gasteiger partial charge in [0.25, 0.3) is 10.0 Å². The van der Waals surface area contributed by atoms with Crippen molar-refractivity contribution in [2.45, 2.75) is 64.3 Å². The van der Waals surface area contributed by atoms with Crippen molar-refractivity contribution in [2.75, 3.05) is 24.6 Å². The van der Waals surface area contributed by atoms with Crippen LogP contribution < -0.4 is 9.62 Å². The normalized spacial score (nSPS) is 26.4. The van der Waals surface area contributed by atoms with Gasteiger partial charge in [0, 0.05) is 18.8 Å². The quantitative estimate of drug-likeness (QED) is 0.294. The lowest BCUT2D eigenvalue weighted by Gasteiger charge is -2.40. The van der Waals surface area contributed by atoms with Crippen LogP contribution >= 0.6 is 0 Å². The summed E-state index contributed by atoms with van der Waals surface area (Å²) >= 11 is 0. The van der Waals surface area contributed by atoms with Crippen molar-refractivity contribution >= 4 is 21.3 Å². The lowest BCUT2D eigenvalue weighted by Crippen LogP contribution is -2.64. The van der Waals surface area contributed by atoms with Gasteiger partial charge in [-0.25, -0.2) is 8.42 Å². The zero-order chi connectivity index (χ0) is 24.8. The molecular weight excluding hydrogens is 450 g/mol. The SMILES string of the molecule is CCCN(CCC)c1ccc(/C(C)=C(\C#N)S(=O)(=O)N[C@H]2C(O)O[C@H](CO)[C@@H](O)[C@@H]2O)cc1. The van der Waals surface area contributed by atoms with Crippen LogP contribution in [0.4, 0.5) is 5.69 Å². The lowest BCUT2D eigenvalue weighted by atomic mass is 9.98. The summed E-state index contributed by atoms with van der Waals surface area (Å²) in [5, 5.41) is 49.0. The molecule has 0 radical (unpaired) electrons. The number of nitrogens with zero attached hydrogens (tertiary/aromatic N) is 2. The van der Waals surface area contributed by atoms with Gasteiger partial charge in [-0.15, -0.1) is 0 Å². The third-order valence-corrected chi connectivity index (χ3v) is 7.07. The molecule has 1 aliphatic heterocycles. The minimum atomic E-state index is -4.49. The first-order chi connectivity index (χ1) is 15.6. The number of benzene rings is 1. The van der Waals surface area contributed by atoms with Crippen molar-refractivity contribution in [2.24, 2.45) is 0 Å². The Labute approximate surface area is 194 Å². The molecular formula is C22H33N3O7S. The molecule has 1 aromatic carbocycles. The predicted molar refractivity (Wildman–Crippen MR) is 123 cm³/mol. The second-order valence-electron chi connectivity index (χ2n) is 7.98. The van der Waals surface area contributed by atoms with Crippen molar-refractivity contribution in [3.8, 4) is 6.07 Å². The molecule has 0 amide bonds. The standard InChI is InChI=1S/C22H33N3O7S/c1-4-10-25(11-5-2)16-8-6-15(7-9-16)14(3)18(12-23)33(30,31)24-19-21(28)20(27)17(13-26)32-22(19)29/h6-9,17,19-22,24,26-29H,4-5,10-11,13H2,1-3H3/b18-14+/t17-,19-,20-,21-,22?/m1/s1. The molecule has 1 aromatic rings. The van der Waals surface area contributed by atoms with Gasteiger partial charge in [0.15, 0.2) is 11.2 Å². The summed E-state index contributed by atoms with van der Waals surface area (Å²) in [7, 11) is -4.49. The van der Waals surface area contributed by atoms with Gasteiger partial charge in [0.1, 0.15) is 30.4 Å². The highest BCUT2D eigenvalue weighted by molar-refractivity contribution is 7.93. The number of anilines is 1. The molecule has 1 heterocycles. The Bertz CT molecular complexity index is 953. The highest BCUT2D eigenvalue weighted by Gasteiger charge is 2.45. The smallest absolute Gasteiger partial charge is 0.251 e.